The van der Waals surface area contributed by atoms with Gasteiger partial charge in [0.2, 0.25) is 0 Å². The van der Waals surface area contributed by atoms with Crippen molar-refractivity contribution in [3.05, 3.63) is 0 Å². The Labute approximate surface area is 82.2 Å². The van der Waals surface area contributed by atoms with Crippen molar-refractivity contribution in [1.82, 2.24) is 4.90 Å². The van der Waals surface area contributed by atoms with Crippen molar-refractivity contribution < 1.29 is 4.74 Å². The highest BCUT2D eigenvalue weighted by atomic mass is 16.5. The van der Waals surface area contributed by atoms with E-state index in [4.69, 9.17) is 10.5 Å². The molecule has 0 aromatic rings. The van der Waals surface area contributed by atoms with Crippen LogP contribution in [0.1, 0.15) is 27.2 Å². The van der Waals surface area contributed by atoms with Gasteiger partial charge in [-0.05, 0) is 33.7 Å². The third-order valence-corrected chi connectivity index (χ3v) is 2.18. The summed E-state index contributed by atoms with van der Waals surface area (Å²) in [5.41, 5.74) is 5.71. The summed E-state index contributed by atoms with van der Waals surface area (Å²) in [6.07, 6.45) is 1.06. The van der Waals surface area contributed by atoms with Crippen molar-refractivity contribution in [1.29, 1.82) is 0 Å². The zero-order chi connectivity index (χ0) is 10.3. The summed E-state index contributed by atoms with van der Waals surface area (Å²) in [4.78, 5) is 2.40. The van der Waals surface area contributed by atoms with E-state index in [1.54, 1.807) is 7.11 Å². The molecule has 0 rings (SSSR count). The summed E-state index contributed by atoms with van der Waals surface area (Å²) in [6, 6.07) is 0.873. The predicted octanol–water partition coefficient (Wildman–Crippen LogP) is 1.08. The summed E-state index contributed by atoms with van der Waals surface area (Å²) in [5.74, 6) is 0. The first-order valence-electron chi connectivity index (χ1n) is 5.06. The van der Waals surface area contributed by atoms with Gasteiger partial charge in [-0.3, -0.25) is 4.90 Å². The van der Waals surface area contributed by atoms with Gasteiger partial charge < -0.3 is 10.5 Å². The molecule has 0 heterocycles. The molecule has 13 heavy (non-hydrogen) atoms. The molecule has 1 atom stereocenters. The van der Waals surface area contributed by atoms with Crippen LogP contribution in [-0.4, -0.2) is 43.8 Å². The molecule has 0 aliphatic rings. The topological polar surface area (TPSA) is 38.5 Å². The minimum Gasteiger partial charge on any atom is -0.383 e. The monoisotopic (exact) mass is 188 g/mol. The fourth-order valence-corrected chi connectivity index (χ4v) is 1.21. The van der Waals surface area contributed by atoms with Crippen molar-refractivity contribution in [2.75, 3.05) is 26.8 Å². The highest BCUT2D eigenvalue weighted by Crippen LogP contribution is 2.00. The maximum atomic E-state index is 5.71. The van der Waals surface area contributed by atoms with E-state index in [1.165, 1.54) is 0 Å². The van der Waals surface area contributed by atoms with Gasteiger partial charge in [0.25, 0.3) is 0 Å². The van der Waals surface area contributed by atoms with Crippen LogP contribution in [0.15, 0.2) is 0 Å². The molecule has 0 bridgehead atoms. The van der Waals surface area contributed by atoms with Crippen molar-refractivity contribution in [3.8, 4) is 0 Å². The molecule has 2 N–H and O–H groups in total. The minimum absolute atomic E-state index is 0.295. The number of nitrogens with two attached hydrogens (primary N) is 1. The highest BCUT2D eigenvalue weighted by molar-refractivity contribution is 4.65. The van der Waals surface area contributed by atoms with Crippen LogP contribution in [0.3, 0.4) is 0 Å². The molecule has 0 aliphatic heterocycles. The third kappa shape index (κ3) is 6.99. The first-order valence-corrected chi connectivity index (χ1v) is 5.06. The predicted molar refractivity (Wildman–Crippen MR) is 56.9 cm³/mol. The van der Waals surface area contributed by atoms with Crippen LogP contribution in [0.5, 0.6) is 0 Å². The van der Waals surface area contributed by atoms with Gasteiger partial charge in [0.1, 0.15) is 0 Å². The van der Waals surface area contributed by atoms with Crippen LogP contribution >= 0.6 is 0 Å². The molecule has 0 radical (unpaired) electrons. The van der Waals surface area contributed by atoms with Crippen molar-refractivity contribution >= 4 is 0 Å². The number of hydrogen-bond acceptors (Lipinski definition) is 3. The Hall–Kier alpha value is -0.120. The fraction of sp³-hybridized carbons (Fsp3) is 1.00. The zero-order valence-corrected chi connectivity index (χ0v) is 9.42. The van der Waals surface area contributed by atoms with E-state index in [2.05, 4.69) is 25.7 Å². The molecule has 0 aliphatic carbocycles. The molecule has 3 heteroatoms. The average Bonchev–Trinajstić information content (AvgIpc) is 2.03. The molecular weight excluding hydrogens is 164 g/mol. The van der Waals surface area contributed by atoms with Gasteiger partial charge in [0.15, 0.2) is 0 Å². The van der Waals surface area contributed by atoms with Crippen LogP contribution < -0.4 is 5.73 Å². The molecule has 0 amide bonds. The van der Waals surface area contributed by atoms with E-state index >= 15 is 0 Å². The molecule has 80 valence electrons. The summed E-state index contributed by atoms with van der Waals surface area (Å²) < 4.78 is 5.06. The number of nitrogens with zero attached hydrogens (tertiary/aromatic N) is 1. The second-order valence-corrected chi connectivity index (χ2v) is 3.89. The van der Waals surface area contributed by atoms with Crippen LogP contribution in [0.25, 0.3) is 0 Å². The van der Waals surface area contributed by atoms with Gasteiger partial charge in [-0.25, -0.2) is 0 Å². The Kier molecular flexibility index (Phi) is 7.23. The average molecular weight is 188 g/mol. The highest BCUT2D eigenvalue weighted by Gasteiger charge is 2.09. The first kappa shape index (κ1) is 12.9. The van der Waals surface area contributed by atoms with Crippen molar-refractivity contribution in [2.45, 2.75) is 39.3 Å². The van der Waals surface area contributed by atoms with Crippen LogP contribution in [0.4, 0.5) is 0 Å². The minimum atomic E-state index is 0.295. The van der Waals surface area contributed by atoms with E-state index in [9.17, 15) is 0 Å². The van der Waals surface area contributed by atoms with E-state index in [-0.39, 0.29) is 0 Å². The van der Waals surface area contributed by atoms with Gasteiger partial charge in [0, 0.05) is 25.7 Å². The van der Waals surface area contributed by atoms with Gasteiger partial charge in [-0.2, -0.15) is 0 Å². The molecule has 0 spiro atoms. The Morgan fingerprint density at radius 1 is 1.23 bits per heavy atom. The summed E-state index contributed by atoms with van der Waals surface area (Å²) in [5, 5.41) is 0. The summed E-state index contributed by atoms with van der Waals surface area (Å²) in [7, 11) is 1.74. The molecule has 0 saturated carbocycles. The summed E-state index contributed by atoms with van der Waals surface area (Å²) >= 11 is 0. The third-order valence-electron chi connectivity index (χ3n) is 2.18. The number of rotatable bonds is 7. The lowest BCUT2D eigenvalue weighted by molar-refractivity contribution is 0.127. The van der Waals surface area contributed by atoms with Gasteiger partial charge >= 0.3 is 0 Å². The Morgan fingerprint density at radius 3 is 2.23 bits per heavy atom. The first-order chi connectivity index (χ1) is 6.07. The van der Waals surface area contributed by atoms with Gasteiger partial charge in [0.05, 0.1) is 6.61 Å². The summed E-state index contributed by atoms with van der Waals surface area (Å²) in [6.45, 7) is 9.33. The normalized spacial score (nSPS) is 14.1. The molecule has 3 nitrogen and oxygen atoms in total. The molecule has 0 fully saturated rings. The molecular formula is C10H24N2O. The Bertz CT molecular complexity index is 115. The molecule has 0 saturated heterocycles. The zero-order valence-electron chi connectivity index (χ0n) is 9.42. The maximum absolute atomic E-state index is 5.71. The van der Waals surface area contributed by atoms with E-state index in [0.717, 1.165) is 26.1 Å². The fourth-order valence-electron chi connectivity index (χ4n) is 1.21. The molecule has 0 aromatic heterocycles. The molecule has 0 aromatic carbocycles. The van der Waals surface area contributed by atoms with E-state index in [0.29, 0.717) is 12.1 Å². The lowest BCUT2D eigenvalue weighted by atomic mass is 10.2. The van der Waals surface area contributed by atoms with Crippen molar-refractivity contribution in [3.63, 3.8) is 0 Å². The van der Waals surface area contributed by atoms with Crippen molar-refractivity contribution in [2.24, 2.45) is 5.73 Å². The van der Waals surface area contributed by atoms with Crippen LogP contribution in [-0.2, 0) is 4.74 Å². The second-order valence-electron chi connectivity index (χ2n) is 3.89. The Morgan fingerprint density at radius 2 is 1.85 bits per heavy atom. The Balaban J connectivity index is 3.67. The van der Waals surface area contributed by atoms with Crippen LogP contribution in [0, 0.1) is 0 Å². The lowest BCUT2D eigenvalue weighted by Gasteiger charge is -2.26. The quantitative estimate of drug-likeness (QED) is 0.650. The van der Waals surface area contributed by atoms with Crippen LogP contribution in [0.2, 0.25) is 0 Å². The maximum Gasteiger partial charge on any atom is 0.0589 e. The second kappa shape index (κ2) is 7.30. The van der Waals surface area contributed by atoms with E-state index in [1.807, 2.05) is 0 Å². The number of methoxy groups -OCH3 is 1. The van der Waals surface area contributed by atoms with Gasteiger partial charge in [-0.1, -0.05) is 0 Å². The smallest absolute Gasteiger partial charge is 0.0589 e. The largest absolute Gasteiger partial charge is 0.383 e. The lowest BCUT2D eigenvalue weighted by Crippen LogP contribution is -2.36. The van der Waals surface area contributed by atoms with E-state index < -0.39 is 0 Å². The van der Waals surface area contributed by atoms with Gasteiger partial charge in [-0.15, -0.1) is 0 Å². The SMILES string of the molecule is COCCN(CCC(C)N)C(C)C. The number of hydrogen-bond donors (Lipinski definition) is 1. The number of ether oxygens (including phenoxy) is 1. The molecule has 1 unspecified atom stereocenters. The standard InChI is InChI=1S/C10H24N2O/c1-9(2)12(7-8-13-4)6-5-10(3)11/h9-10H,5-8,11H2,1-4H3.